The highest BCUT2D eigenvalue weighted by atomic mass is 32.1. The third kappa shape index (κ3) is 3.72. The second kappa shape index (κ2) is 8.39. The minimum Gasteiger partial charge on any atom is -0.495 e. The maximum Gasteiger partial charge on any atom is 0.186 e. The van der Waals surface area contributed by atoms with Gasteiger partial charge in [0.2, 0.25) is 0 Å². The molecule has 5 rings (SSSR count). The van der Waals surface area contributed by atoms with Crippen molar-refractivity contribution in [1.29, 1.82) is 0 Å². The van der Waals surface area contributed by atoms with Crippen molar-refractivity contribution >= 4 is 53.4 Å². The number of aromatic nitrogens is 2. The molecule has 4 aromatic rings. The van der Waals surface area contributed by atoms with E-state index in [2.05, 4.69) is 15.9 Å². The average molecular weight is 457 g/mol. The number of hydrogen-bond donors (Lipinski definition) is 0. The van der Waals surface area contributed by atoms with Gasteiger partial charge in [-0.3, -0.25) is 0 Å². The highest BCUT2D eigenvalue weighted by molar-refractivity contribution is 7.22. The van der Waals surface area contributed by atoms with Crippen LogP contribution in [0.25, 0.3) is 20.4 Å². The monoisotopic (exact) mass is 456 g/mol. The molecule has 0 aliphatic carbocycles. The Morgan fingerprint density at radius 1 is 0.871 bits per heavy atom. The van der Waals surface area contributed by atoms with Crippen LogP contribution >= 0.6 is 22.7 Å². The predicted octanol–water partition coefficient (Wildman–Crippen LogP) is 4.65. The summed E-state index contributed by atoms with van der Waals surface area (Å²) < 4.78 is 18.8. The Morgan fingerprint density at radius 2 is 1.55 bits per heavy atom. The zero-order valence-corrected chi connectivity index (χ0v) is 19.4. The number of piperazine rings is 1. The zero-order chi connectivity index (χ0) is 21.4. The first-order valence-electron chi connectivity index (χ1n) is 10.2. The fourth-order valence-corrected chi connectivity index (χ4v) is 5.95. The number of ether oxygens (including phenoxy) is 3. The summed E-state index contributed by atoms with van der Waals surface area (Å²) in [6.45, 7) is 6.27. The molecular weight excluding hydrogens is 432 g/mol. The number of nitrogens with zero attached hydrogens (tertiary/aromatic N) is 4. The summed E-state index contributed by atoms with van der Waals surface area (Å²) in [6.07, 6.45) is 0. The largest absolute Gasteiger partial charge is 0.495 e. The Bertz CT molecular complexity index is 1170. The van der Waals surface area contributed by atoms with Crippen molar-refractivity contribution in [1.82, 2.24) is 9.97 Å². The quantitative estimate of drug-likeness (QED) is 0.419. The van der Waals surface area contributed by atoms with Crippen LogP contribution < -0.4 is 24.0 Å². The molecule has 7 nitrogen and oxygen atoms in total. The maximum absolute atomic E-state index is 5.62. The Kier molecular flexibility index (Phi) is 5.45. The third-order valence-electron chi connectivity index (χ3n) is 5.38. The highest BCUT2D eigenvalue weighted by Crippen LogP contribution is 2.40. The van der Waals surface area contributed by atoms with Gasteiger partial charge in [-0.2, -0.15) is 0 Å². The predicted molar refractivity (Wildman–Crippen MR) is 128 cm³/mol. The van der Waals surface area contributed by atoms with Crippen molar-refractivity contribution in [2.45, 2.75) is 6.92 Å². The van der Waals surface area contributed by atoms with Crippen LogP contribution in [0.2, 0.25) is 0 Å². The highest BCUT2D eigenvalue weighted by Gasteiger charge is 2.24. The van der Waals surface area contributed by atoms with Gasteiger partial charge < -0.3 is 24.0 Å². The molecular formula is C22H24N4O3S2. The fourth-order valence-electron chi connectivity index (χ4n) is 3.78. The molecule has 3 heterocycles. The molecule has 1 saturated heterocycles. The maximum atomic E-state index is 5.62. The number of benzene rings is 2. The van der Waals surface area contributed by atoms with Crippen LogP contribution in [0.1, 0.15) is 6.92 Å². The van der Waals surface area contributed by atoms with Crippen LogP contribution in [0.5, 0.6) is 17.2 Å². The third-order valence-corrected chi connectivity index (χ3v) is 7.59. The number of thiazole rings is 2. The van der Waals surface area contributed by atoms with Crippen LogP contribution in [-0.2, 0) is 0 Å². The summed E-state index contributed by atoms with van der Waals surface area (Å²) in [6, 6.07) is 9.96. The van der Waals surface area contributed by atoms with E-state index in [-0.39, 0.29) is 0 Å². The summed E-state index contributed by atoms with van der Waals surface area (Å²) in [5.74, 6) is 2.51. The number of anilines is 2. The van der Waals surface area contributed by atoms with E-state index < -0.39 is 0 Å². The first kappa shape index (κ1) is 20.1. The number of methoxy groups -OCH3 is 2. The van der Waals surface area contributed by atoms with Gasteiger partial charge in [0.25, 0.3) is 0 Å². The van der Waals surface area contributed by atoms with Crippen LogP contribution in [0.4, 0.5) is 10.3 Å². The van der Waals surface area contributed by atoms with E-state index in [1.165, 1.54) is 0 Å². The van der Waals surface area contributed by atoms with Gasteiger partial charge in [-0.25, -0.2) is 9.97 Å². The summed E-state index contributed by atoms with van der Waals surface area (Å²) in [4.78, 5) is 14.4. The van der Waals surface area contributed by atoms with Crippen molar-refractivity contribution in [3.05, 3.63) is 30.3 Å². The summed E-state index contributed by atoms with van der Waals surface area (Å²) in [7, 11) is 3.36. The van der Waals surface area contributed by atoms with E-state index in [0.717, 1.165) is 74.1 Å². The van der Waals surface area contributed by atoms with E-state index in [1.54, 1.807) is 36.9 Å². The van der Waals surface area contributed by atoms with Crippen molar-refractivity contribution in [3.63, 3.8) is 0 Å². The molecule has 0 bridgehead atoms. The lowest BCUT2D eigenvalue weighted by Crippen LogP contribution is -2.46. The van der Waals surface area contributed by atoms with Crippen molar-refractivity contribution in [3.8, 4) is 17.2 Å². The molecule has 0 unspecified atom stereocenters. The molecule has 162 valence electrons. The zero-order valence-electron chi connectivity index (χ0n) is 17.8. The van der Waals surface area contributed by atoms with Crippen LogP contribution in [-0.4, -0.2) is 57.0 Å². The Hall–Kier alpha value is -2.78. The van der Waals surface area contributed by atoms with E-state index in [1.807, 2.05) is 31.2 Å². The second-order valence-corrected chi connectivity index (χ2v) is 9.16. The van der Waals surface area contributed by atoms with Gasteiger partial charge in [-0.05, 0) is 37.3 Å². The molecule has 9 heteroatoms. The molecule has 31 heavy (non-hydrogen) atoms. The minimum absolute atomic E-state index is 0.669. The molecule has 0 radical (unpaired) electrons. The summed E-state index contributed by atoms with van der Waals surface area (Å²) >= 11 is 3.38. The minimum atomic E-state index is 0.669. The molecule has 1 fully saturated rings. The van der Waals surface area contributed by atoms with E-state index >= 15 is 0 Å². The van der Waals surface area contributed by atoms with Gasteiger partial charge >= 0.3 is 0 Å². The first-order chi connectivity index (χ1) is 15.2. The number of fused-ring (bicyclic) bond motifs is 2. The molecule has 0 N–H and O–H groups in total. The fraction of sp³-hybridized carbons (Fsp3) is 0.364. The molecule has 0 amide bonds. The first-order valence-corrected chi connectivity index (χ1v) is 11.9. The van der Waals surface area contributed by atoms with Crippen molar-refractivity contribution in [2.75, 3.05) is 56.8 Å². The smallest absolute Gasteiger partial charge is 0.186 e. The molecule has 2 aromatic heterocycles. The summed E-state index contributed by atoms with van der Waals surface area (Å²) in [5, 5.41) is 2.07. The number of rotatable bonds is 6. The topological polar surface area (TPSA) is 60.0 Å². The van der Waals surface area contributed by atoms with E-state index in [0.29, 0.717) is 6.61 Å². The van der Waals surface area contributed by atoms with Gasteiger partial charge in [-0.1, -0.05) is 22.7 Å². The average Bonchev–Trinajstić information content (AvgIpc) is 3.43. The molecule has 2 aromatic carbocycles. The van der Waals surface area contributed by atoms with Crippen molar-refractivity contribution < 1.29 is 14.2 Å². The van der Waals surface area contributed by atoms with Gasteiger partial charge in [-0.15, -0.1) is 0 Å². The summed E-state index contributed by atoms with van der Waals surface area (Å²) in [5.41, 5.74) is 1.89. The van der Waals surface area contributed by atoms with Gasteiger partial charge in [0.15, 0.2) is 10.3 Å². The van der Waals surface area contributed by atoms with Gasteiger partial charge in [0.05, 0.1) is 31.0 Å². The normalized spacial score (nSPS) is 14.4. The lowest BCUT2D eigenvalue weighted by molar-refractivity contribution is 0.341. The Balaban J connectivity index is 1.34. The van der Waals surface area contributed by atoms with Crippen LogP contribution in [0.15, 0.2) is 30.3 Å². The molecule has 1 aliphatic rings. The van der Waals surface area contributed by atoms with Crippen LogP contribution in [0.3, 0.4) is 0 Å². The molecule has 0 saturated carbocycles. The molecule has 0 atom stereocenters. The lowest BCUT2D eigenvalue weighted by Gasteiger charge is -2.34. The lowest BCUT2D eigenvalue weighted by atomic mass is 10.3. The van der Waals surface area contributed by atoms with Crippen LogP contribution in [0, 0.1) is 0 Å². The number of hydrogen-bond acceptors (Lipinski definition) is 9. The SMILES string of the molecule is CCOc1ccc2nc(N3CCN(c4nc5c(OC)ccc(OC)c5s4)CC3)sc2c1. The van der Waals surface area contributed by atoms with E-state index in [4.69, 9.17) is 24.2 Å². The second-order valence-electron chi connectivity index (χ2n) is 7.18. The molecule has 0 spiro atoms. The van der Waals surface area contributed by atoms with E-state index in [9.17, 15) is 0 Å². The van der Waals surface area contributed by atoms with Crippen molar-refractivity contribution in [2.24, 2.45) is 0 Å². The van der Waals surface area contributed by atoms with Gasteiger partial charge in [0.1, 0.15) is 27.5 Å². The Labute approximate surface area is 188 Å². The molecule has 1 aliphatic heterocycles. The van der Waals surface area contributed by atoms with Gasteiger partial charge in [0, 0.05) is 26.2 Å². The Morgan fingerprint density at radius 3 is 2.23 bits per heavy atom. The standard InChI is InChI=1S/C22H24N4O3S2/c1-4-29-14-5-6-15-18(13-14)30-21(23-15)25-9-11-26(12-10-25)22-24-19-16(27-2)7-8-17(28-3)20(19)31-22/h5-8,13H,4,9-12H2,1-3H3.